The lowest BCUT2D eigenvalue weighted by Crippen LogP contribution is -2.52. The van der Waals surface area contributed by atoms with Gasteiger partial charge in [0.1, 0.15) is 11.5 Å². The Balaban J connectivity index is 1.60. The number of aryl methyl sites for hydroxylation is 2. The zero-order valence-corrected chi connectivity index (χ0v) is 13.2. The molecule has 0 unspecified atom stereocenters. The van der Waals surface area contributed by atoms with Crippen molar-refractivity contribution in [3.63, 3.8) is 0 Å². The summed E-state index contributed by atoms with van der Waals surface area (Å²) in [6.45, 7) is 6.08. The quantitative estimate of drug-likeness (QED) is 0.823. The summed E-state index contributed by atoms with van der Waals surface area (Å²) in [5, 5.41) is 0. The lowest BCUT2D eigenvalue weighted by Gasteiger charge is -2.38. The molecular weight excluding hydrogens is 280 g/mol. The van der Waals surface area contributed by atoms with Crippen molar-refractivity contribution in [3.05, 3.63) is 23.3 Å². The monoisotopic (exact) mass is 302 g/mol. The molecule has 118 valence electrons. The van der Waals surface area contributed by atoms with E-state index in [2.05, 4.69) is 9.97 Å². The molecule has 0 aromatic carbocycles. The zero-order valence-electron chi connectivity index (χ0n) is 13.2. The molecule has 1 aromatic rings. The number of piperazine rings is 1. The first-order valence-electron chi connectivity index (χ1n) is 7.95. The number of hydrogen-bond acceptors (Lipinski definition) is 4. The average molecular weight is 302 g/mol. The number of amides is 2. The van der Waals surface area contributed by atoms with E-state index in [1.165, 1.54) is 6.42 Å². The van der Waals surface area contributed by atoms with Gasteiger partial charge < -0.3 is 9.80 Å². The summed E-state index contributed by atoms with van der Waals surface area (Å²) in [5.74, 6) is 1.05. The van der Waals surface area contributed by atoms with E-state index < -0.39 is 0 Å². The molecule has 0 N–H and O–H groups in total. The Morgan fingerprint density at radius 1 is 1.05 bits per heavy atom. The Hall–Kier alpha value is -1.98. The van der Waals surface area contributed by atoms with Crippen LogP contribution in [0.1, 0.15) is 41.3 Å². The summed E-state index contributed by atoms with van der Waals surface area (Å²) < 4.78 is 0. The third-order valence-corrected chi connectivity index (χ3v) is 4.52. The number of aromatic nitrogens is 2. The first-order valence-corrected chi connectivity index (χ1v) is 7.95. The first kappa shape index (κ1) is 14.9. The van der Waals surface area contributed by atoms with Crippen molar-refractivity contribution in [2.45, 2.75) is 33.1 Å². The first-order chi connectivity index (χ1) is 10.5. The largest absolute Gasteiger partial charge is 0.339 e. The van der Waals surface area contributed by atoms with Crippen LogP contribution in [0, 0.1) is 19.8 Å². The third-order valence-electron chi connectivity index (χ3n) is 4.52. The van der Waals surface area contributed by atoms with Crippen molar-refractivity contribution in [1.82, 2.24) is 19.8 Å². The van der Waals surface area contributed by atoms with Crippen molar-refractivity contribution in [3.8, 4) is 0 Å². The molecule has 6 heteroatoms. The molecule has 2 fully saturated rings. The van der Waals surface area contributed by atoms with E-state index in [1.54, 1.807) is 17.9 Å². The fraction of sp³-hybridized carbons (Fsp3) is 0.625. The molecule has 1 aromatic heterocycles. The van der Waals surface area contributed by atoms with Crippen molar-refractivity contribution in [2.24, 2.45) is 5.92 Å². The highest BCUT2D eigenvalue weighted by atomic mass is 16.2. The minimum absolute atomic E-state index is 0.0654. The highest BCUT2D eigenvalue weighted by molar-refractivity contribution is 5.92. The summed E-state index contributed by atoms with van der Waals surface area (Å²) in [6.07, 6.45) is 3.22. The Labute approximate surface area is 130 Å². The molecule has 1 saturated carbocycles. The van der Waals surface area contributed by atoms with Crippen molar-refractivity contribution < 1.29 is 9.59 Å². The summed E-state index contributed by atoms with van der Waals surface area (Å²) >= 11 is 0. The molecule has 2 aliphatic rings. The molecule has 0 atom stereocenters. The predicted molar refractivity (Wildman–Crippen MR) is 81.3 cm³/mol. The van der Waals surface area contributed by atoms with E-state index in [1.807, 2.05) is 11.8 Å². The van der Waals surface area contributed by atoms with Gasteiger partial charge in [-0.3, -0.25) is 9.59 Å². The summed E-state index contributed by atoms with van der Waals surface area (Å²) in [4.78, 5) is 36.9. The molecule has 0 bridgehead atoms. The number of carbonyl (C=O) groups is 2. The van der Waals surface area contributed by atoms with Crippen LogP contribution in [0.15, 0.2) is 6.07 Å². The minimum atomic E-state index is -0.0654. The van der Waals surface area contributed by atoms with Crippen LogP contribution in [0.3, 0.4) is 0 Å². The van der Waals surface area contributed by atoms with E-state index in [0.717, 1.165) is 18.5 Å². The van der Waals surface area contributed by atoms with E-state index in [-0.39, 0.29) is 17.7 Å². The predicted octanol–water partition coefficient (Wildman–Crippen LogP) is 1.18. The molecule has 1 aliphatic heterocycles. The minimum Gasteiger partial charge on any atom is -0.339 e. The highest BCUT2D eigenvalue weighted by Gasteiger charge is 2.32. The number of hydrogen-bond donors (Lipinski definition) is 0. The number of carbonyl (C=O) groups excluding carboxylic acids is 2. The smallest absolute Gasteiger partial charge is 0.272 e. The zero-order chi connectivity index (χ0) is 15.7. The SMILES string of the molecule is Cc1cc(C(=O)N2CCN(C(=O)C3CCC3)CC2)nc(C)n1. The molecule has 1 aliphatic carbocycles. The maximum Gasteiger partial charge on any atom is 0.272 e. The molecule has 0 radical (unpaired) electrons. The maximum absolute atomic E-state index is 12.5. The average Bonchev–Trinajstić information content (AvgIpc) is 2.44. The van der Waals surface area contributed by atoms with Crippen LogP contribution in [0.25, 0.3) is 0 Å². The van der Waals surface area contributed by atoms with Gasteiger partial charge in [-0.15, -0.1) is 0 Å². The van der Waals surface area contributed by atoms with Gasteiger partial charge in [-0.25, -0.2) is 9.97 Å². The van der Waals surface area contributed by atoms with Gasteiger partial charge >= 0.3 is 0 Å². The second-order valence-corrected chi connectivity index (χ2v) is 6.19. The Morgan fingerprint density at radius 2 is 1.68 bits per heavy atom. The standard InChI is InChI=1S/C16H22N4O2/c1-11-10-14(18-12(2)17-11)16(22)20-8-6-19(7-9-20)15(21)13-4-3-5-13/h10,13H,3-9H2,1-2H3. The second kappa shape index (κ2) is 6.02. The van der Waals surface area contributed by atoms with E-state index in [4.69, 9.17) is 0 Å². The van der Waals surface area contributed by atoms with Crippen LogP contribution >= 0.6 is 0 Å². The molecule has 0 spiro atoms. The van der Waals surface area contributed by atoms with Gasteiger partial charge in [-0.1, -0.05) is 6.42 Å². The lowest BCUT2D eigenvalue weighted by atomic mass is 9.84. The summed E-state index contributed by atoms with van der Waals surface area (Å²) in [6, 6.07) is 1.72. The molecule has 6 nitrogen and oxygen atoms in total. The maximum atomic E-state index is 12.5. The second-order valence-electron chi connectivity index (χ2n) is 6.19. The fourth-order valence-corrected chi connectivity index (χ4v) is 3.03. The van der Waals surface area contributed by atoms with E-state index in [9.17, 15) is 9.59 Å². The van der Waals surface area contributed by atoms with Gasteiger partial charge in [0.15, 0.2) is 0 Å². The lowest BCUT2D eigenvalue weighted by molar-refractivity contribution is -0.139. The number of rotatable bonds is 2. The van der Waals surface area contributed by atoms with E-state index >= 15 is 0 Å². The normalized spacial score (nSPS) is 19.0. The van der Waals surface area contributed by atoms with Crippen LogP contribution in [0.2, 0.25) is 0 Å². The Morgan fingerprint density at radius 3 is 2.23 bits per heavy atom. The Kier molecular flexibility index (Phi) is 4.09. The summed E-state index contributed by atoms with van der Waals surface area (Å²) in [5.41, 5.74) is 1.25. The van der Waals surface area contributed by atoms with Gasteiger partial charge in [-0.05, 0) is 32.8 Å². The van der Waals surface area contributed by atoms with E-state index in [0.29, 0.717) is 37.7 Å². The van der Waals surface area contributed by atoms with Gasteiger partial charge in [0.05, 0.1) is 0 Å². The van der Waals surface area contributed by atoms with Crippen molar-refractivity contribution in [1.29, 1.82) is 0 Å². The Bertz CT molecular complexity index is 570. The topological polar surface area (TPSA) is 66.4 Å². The van der Waals surface area contributed by atoms with Gasteiger partial charge in [0, 0.05) is 37.8 Å². The van der Waals surface area contributed by atoms with Gasteiger partial charge in [0.2, 0.25) is 5.91 Å². The van der Waals surface area contributed by atoms with Crippen LogP contribution in [-0.4, -0.2) is 57.8 Å². The molecule has 1 saturated heterocycles. The molecule has 22 heavy (non-hydrogen) atoms. The van der Waals surface area contributed by atoms with Crippen LogP contribution in [0.4, 0.5) is 0 Å². The third kappa shape index (κ3) is 2.96. The van der Waals surface area contributed by atoms with Crippen LogP contribution in [0.5, 0.6) is 0 Å². The van der Waals surface area contributed by atoms with Crippen LogP contribution in [-0.2, 0) is 4.79 Å². The van der Waals surface area contributed by atoms with Crippen molar-refractivity contribution in [2.75, 3.05) is 26.2 Å². The fourth-order valence-electron chi connectivity index (χ4n) is 3.03. The van der Waals surface area contributed by atoms with Gasteiger partial charge in [-0.2, -0.15) is 0 Å². The molecular formula is C16H22N4O2. The summed E-state index contributed by atoms with van der Waals surface area (Å²) in [7, 11) is 0. The molecule has 3 rings (SSSR count). The molecule has 2 amide bonds. The van der Waals surface area contributed by atoms with Crippen molar-refractivity contribution >= 4 is 11.8 Å². The molecule has 2 heterocycles. The number of nitrogens with zero attached hydrogens (tertiary/aromatic N) is 4. The van der Waals surface area contributed by atoms with Crippen LogP contribution < -0.4 is 0 Å². The highest BCUT2D eigenvalue weighted by Crippen LogP contribution is 2.28. The van der Waals surface area contributed by atoms with Gasteiger partial charge in [0.25, 0.3) is 5.91 Å².